The zero-order valence-electron chi connectivity index (χ0n) is 12.5. The number of benzene rings is 2. The molecule has 0 saturated carbocycles. The molecule has 1 fully saturated rings. The van der Waals surface area contributed by atoms with Gasteiger partial charge in [-0.2, -0.15) is 0 Å². The van der Waals surface area contributed by atoms with Crippen LogP contribution >= 0.6 is 0 Å². The van der Waals surface area contributed by atoms with E-state index in [4.69, 9.17) is 14.2 Å². The third-order valence-corrected chi connectivity index (χ3v) is 3.63. The Hall–Kier alpha value is -1.75. The van der Waals surface area contributed by atoms with E-state index in [0.717, 1.165) is 5.56 Å². The van der Waals surface area contributed by atoms with Gasteiger partial charge in [-0.05, 0) is 18.6 Å². The summed E-state index contributed by atoms with van der Waals surface area (Å²) in [5, 5.41) is 0. The predicted octanol–water partition coefficient (Wildman–Crippen LogP) is 3.76. The van der Waals surface area contributed by atoms with Crippen molar-refractivity contribution in [2.45, 2.75) is 25.9 Å². The molecule has 1 heterocycles. The van der Waals surface area contributed by atoms with Gasteiger partial charge in [0.1, 0.15) is 11.9 Å². The van der Waals surface area contributed by atoms with E-state index in [9.17, 15) is 4.39 Å². The molecule has 0 unspecified atom stereocenters. The largest absolute Gasteiger partial charge is 0.369 e. The van der Waals surface area contributed by atoms with Gasteiger partial charge in [0.15, 0.2) is 6.29 Å². The van der Waals surface area contributed by atoms with Crippen LogP contribution < -0.4 is 0 Å². The van der Waals surface area contributed by atoms with Crippen LogP contribution in [0.2, 0.25) is 0 Å². The molecule has 3 nitrogen and oxygen atoms in total. The third kappa shape index (κ3) is 3.71. The number of halogens is 1. The molecule has 0 amide bonds. The summed E-state index contributed by atoms with van der Waals surface area (Å²) < 4.78 is 30.6. The first-order valence-corrected chi connectivity index (χ1v) is 7.37. The molecule has 0 aliphatic carbocycles. The predicted molar refractivity (Wildman–Crippen MR) is 80.8 cm³/mol. The molecule has 4 heteroatoms. The normalized spacial score (nSPS) is 21.7. The molecule has 116 valence electrons. The Morgan fingerprint density at radius 2 is 1.73 bits per heavy atom. The van der Waals surface area contributed by atoms with E-state index >= 15 is 0 Å². The second-order valence-corrected chi connectivity index (χ2v) is 5.44. The zero-order chi connectivity index (χ0) is 15.4. The van der Waals surface area contributed by atoms with Crippen LogP contribution in [0.5, 0.6) is 0 Å². The Balaban J connectivity index is 1.50. The molecule has 22 heavy (non-hydrogen) atoms. The molecule has 0 aromatic heterocycles. The Morgan fingerprint density at radius 3 is 2.41 bits per heavy atom. The summed E-state index contributed by atoms with van der Waals surface area (Å²) >= 11 is 0. The van der Waals surface area contributed by atoms with Gasteiger partial charge in [0, 0.05) is 5.56 Å². The van der Waals surface area contributed by atoms with Gasteiger partial charge in [-0.15, -0.1) is 0 Å². The van der Waals surface area contributed by atoms with E-state index in [1.54, 1.807) is 18.2 Å². The molecular weight excluding hydrogens is 283 g/mol. The highest BCUT2D eigenvalue weighted by Gasteiger charge is 2.25. The standard InChI is InChI=1S/C18H19FO3/c1-13-6-8-14(9-7-13)10-20-15-11-21-18(22-12-15)16-4-2-3-5-17(16)19/h2-9,15,18H,10-12H2,1H3/t15-,18+. The highest BCUT2D eigenvalue weighted by molar-refractivity contribution is 5.21. The minimum Gasteiger partial charge on any atom is -0.369 e. The van der Waals surface area contributed by atoms with Crippen LogP contribution in [-0.4, -0.2) is 19.3 Å². The van der Waals surface area contributed by atoms with E-state index in [1.807, 2.05) is 12.1 Å². The summed E-state index contributed by atoms with van der Waals surface area (Å²) in [5.74, 6) is -0.313. The molecule has 0 bridgehead atoms. The smallest absolute Gasteiger partial charge is 0.186 e. The lowest BCUT2D eigenvalue weighted by Gasteiger charge is -2.29. The Labute approximate surface area is 129 Å². The van der Waals surface area contributed by atoms with Crippen molar-refractivity contribution in [1.29, 1.82) is 0 Å². The number of aryl methyl sites for hydroxylation is 1. The maximum atomic E-state index is 13.7. The maximum Gasteiger partial charge on any atom is 0.186 e. The Bertz CT molecular complexity index is 604. The third-order valence-electron chi connectivity index (χ3n) is 3.63. The molecular formula is C18H19FO3. The van der Waals surface area contributed by atoms with Crippen molar-refractivity contribution >= 4 is 0 Å². The van der Waals surface area contributed by atoms with Crippen LogP contribution in [0, 0.1) is 12.7 Å². The van der Waals surface area contributed by atoms with E-state index < -0.39 is 6.29 Å². The number of ether oxygens (including phenoxy) is 3. The van der Waals surface area contributed by atoms with Gasteiger partial charge in [0.25, 0.3) is 0 Å². The lowest BCUT2D eigenvalue weighted by Crippen LogP contribution is -2.33. The molecule has 2 aromatic carbocycles. The summed E-state index contributed by atoms with van der Waals surface area (Å²) in [4.78, 5) is 0. The molecule has 1 aliphatic rings. The number of rotatable bonds is 4. The molecule has 3 rings (SSSR count). The first kappa shape index (κ1) is 15.2. The Kier molecular flexibility index (Phi) is 4.83. The second kappa shape index (κ2) is 7.01. The van der Waals surface area contributed by atoms with E-state index in [1.165, 1.54) is 11.6 Å². The van der Waals surface area contributed by atoms with Crippen LogP contribution in [0.1, 0.15) is 23.0 Å². The summed E-state index contributed by atoms with van der Waals surface area (Å²) in [6, 6.07) is 14.7. The van der Waals surface area contributed by atoms with E-state index in [-0.39, 0.29) is 11.9 Å². The van der Waals surface area contributed by atoms with Crippen LogP contribution in [0.4, 0.5) is 4.39 Å². The first-order chi connectivity index (χ1) is 10.7. The van der Waals surface area contributed by atoms with Gasteiger partial charge in [-0.25, -0.2) is 4.39 Å². The lowest BCUT2D eigenvalue weighted by molar-refractivity contribution is -0.233. The summed E-state index contributed by atoms with van der Waals surface area (Å²) in [6.45, 7) is 3.36. The van der Waals surface area contributed by atoms with Crippen LogP contribution in [-0.2, 0) is 20.8 Å². The van der Waals surface area contributed by atoms with Crippen molar-refractivity contribution < 1.29 is 18.6 Å². The first-order valence-electron chi connectivity index (χ1n) is 7.37. The maximum absolute atomic E-state index is 13.7. The fraction of sp³-hybridized carbons (Fsp3) is 0.333. The van der Waals surface area contributed by atoms with Crippen molar-refractivity contribution in [2.75, 3.05) is 13.2 Å². The second-order valence-electron chi connectivity index (χ2n) is 5.44. The fourth-order valence-corrected chi connectivity index (χ4v) is 2.33. The summed E-state index contributed by atoms with van der Waals surface area (Å²) in [6.07, 6.45) is -0.787. The van der Waals surface area contributed by atoms with Gasteiger partial charge < -0.3 is 14.2 Å². The highest BCUT2D eigenvalue weighted by Crippen LogP contribution is 2.26. The van der Waals surface area contributed by atoms with Gasteiger partial charge in [-0.1, -0.05) is 48.0 Å². The molecule has 0 atom stereocenters. The van der Waals surface area contributed by atoms with Crippen molar-refractivity contribution in [2.24, 2.45) is 0 Å². The average Bonchev–Trinajstić information content (AvgIpc) is 2.55. The minimum absolute atomic E-state index is 0.135. The zero-order valence-corrected chi connectivity index (χ0v) is 12.5. The molecule has 1 saturated heterocycles. The van der Waals surface area contributed by atoms with Gasteiger partial charge >= 0.3 is 0 Å². The van der Waals surface area contributed by atoms with Gasteiger partial charge in [0.2, 0.25) is 0 Å². The topological polar surface area (TPSA) is 27.7 Å². The van der Waals surface area contributed by atoms with Gasteiger partial charge in [-0.3, -0.25) is 0 Å². The quantitative estimate of drug-likeness (QED) is 0.860. The molecule has 2 aromatic rings. The molecule has 1 aliphatic heterocycles. The van der Waals surface area contributed by atoms with E-state index in [0.29, 0.717) is 25.4 Å². The fourth-order valence-electron chi connectivity index (χ4n) is 2.33. The average molecular weight is 302 g/mol. The summed E-state index contributed by atoms with van der Waals surface area (Å²) in [7, 11) is 0. The molecule has 0 radical (unpaired) electrons. The van der Waals surface area contributed by atoms with Crippen molar-refractivity contribution in [3.05, 3.63) is 71.0 Å². The Morgan fingerprint density at radius 1 is 1.05 bits per heavy atom. The van der Waals surface area contributed by atoms with Crippen molar-refractivity contribution in [1.82, 2.24) is 0 Å². The highest BCUT2D eigenvalue weighted by atomic mass is 19.1. The van der Waals surface area contributed by atoms with Crippen LogP contribution in [0.3, 0.4) is 0 Å². The molecule has 0 spiro atoms. The van der Waals surface area contributed by atoms with Crippen LogP contribution in [0.25, 0.3) is 0 Å². The van der Waals surface area contributed by atoms with Crippen molar-refractivity contribution in [3.8, 4) is 0 Å². The van der Waals surface area contributed by atoms with E-state index in [2.05, 4.69) is 19.1 Å². The number of hydrogen-bond acceptors (Lipinski definition) is 3. The number of hydrogen-bond donors (Lipinski definition) is 0. The SMILES string of the molecule is Cc1ccc(CO[C@H]2CO[C@@H](c3ccccc3F)OC2)cc1. The van der Waals surface area contributed by atoms with Gasteiger partial charge in [0.05, 0.1) is 19.8 Å². The van der Waals surface area contributed by atoms with Crippen molar-refractivity contribution in [3.63, 3.8) is 0 Å². The lowest BCUT2D eigenvalue weighted by atomic mass is 10.2. The monoisotopic (exact) mass is 302 g/mol. The summed E-state index contributed by atoms with van der Waals surface area (Å²) in [5.41, 5.74) is 2.77. The van der Waals surface area contributed by atoms with Crippen LogP contribution in [0.15, 0.2) is 48.5 Å². The molecule has 0 N–H and O–H groups in total. The minimum atomic E-state index is -0.652.